The highest BCUT2D eigenvalue weighted by Crippen LogP contribution is 2.22. The Morgan fingerprint density at radius 1 is 1.37 bits per heavy atom. The Balaban J connectivity index is 1.92. The summed E-state index contributed by atoms with van der Waals surface area (Å²) in [5.41, 5.74) is 1.07. The smallest absolute Gasteiger partial charge is 0.250 e. The van der Waals surface area contributed by atoms with E-state index in [0.717, 1.165) is 18.2 Å². The van der Waals surface area contributed by atoms with Gasteiger partial charge in [0.05, 0.1) is 5.69 Å². The van der Waals surface area contributed by atoms with Crippen LogP contribution in [0.3, 0.4) is 0 Å². The molecule has 1 saturated heterocycles. The zero-order chi connectivity index (χ0) is 13.8. The lowest BCUT2D eigenvalue weighted by molar-refractivity contribution is 0.183. The van der Waals surface area contributed by atoms with Gasteiger partial charge in [0, 0.05) is 25.4 Å². The van der Waals surface area contributed by atoms with Gasteiger partial charge in [-0.05, 0) is 51.4 Å². The number of anilines is 1. The van der Waals surface area contributed by atoms with Gasteiger partial charge in [-0.25, -0.2) is 0 Å². The lowest BCUT2D eigenvalue weighted by atomic mass is 9.90. The second-order valence-corrected chi connectivity index (χ2v) is 5.57. The molecule has 0 radical (unpaired) electrons. The highest BCUT2D eigenvalue weighted by molar-refractivity contribution is 5.41. The predicted molar refractivity (Wildman–Crippen MR) is 79.6 cm³/mol. The average molecular weight is 263 g/mol. The molecule has 1 aromatic heterocycles. The van der Waals surface area contributed by atoms with Crippen molar-refractivity contribution in [1.29, 1.82) is 0 Å². The summed E-state index contributed by atoms with van der Waals surface area (Å²) in [5.74, 6) is 0.722. The summed E-state index contributed by atoms with van der Waals surface area (Å²) < 4.78 is 1.62. The van der Waals surface area contributed by atoms with Gasteiger partial charge in [0.1, 0.15) is 0 Å². The van der Waals surface area contributed by atoms with Crippen LogP contribution in [0.2, 0.25) is 0 Å². The summed E-state index contributed by atoms with van der Waals surface area (Å²) >= 11 is 0. The summed E-state index contributed by atoms with van der Waals surface area (Å²) in [7, 11) is 1.79. The number of likely N-dealkylation sites (tertiary alicyclic amines) is 1. The third kappa shape index (κ3) is 3.60. The highest BCUT2D eigenvalue weighted by Gasteiger charge is 2.23. The van der Waals surface area contributed by atoms with Crippen LogP contribution in [-0.4, -0.2) is 35.1 Å². The van der Waals surface area contributed by atoms with Crippen molar-refractivity contribution in [3.63, 3.8) is 0 Å². The number of nitrogens with zero attached hydrogens (tertiary/aromatic N) is 2. The molecule has 1 aromatic rings. The van der Waals surface area contributed by atoms with Gasteiger partial charge in [-0.2, -0.15) is 0 Å². The molecule has 19 heavy (non-hydrogen) atoms. The number of aromatic nitrogens is 1. The first-order valence-corrected chi connectivity index (χ1v) is 7.25. The third-order valence-electron chi connectivity index (χ3n) is 4.27. The van der Waals surface area contributed by atoms with Gasteiger partial charge >= 0.3 is 0 Å². The molecular weight excluding hydrogens is 238 g/mol. The van der Waals surface area contributed by atoms with Crippen molar-refractivity contribution < 1.29 is 0 Å². The van der Waals surface area contributed by atoms with Gasteiger partial charge < -0.3 is 14.8 Å². The van der Waals surface area contributed by atoms with E-state index in [0.29, 0.717) is 6.04 Å². The molecule has 0 aliphatic carbocycles. The number of nitrogens with one attached hydrogen (secondary N) is 1. The number of hydrogen-bond donors (Lipinski definition) is 1. The second kappa shape index (κ2) is 6.24. The maximum atomic E-state index is 11.4. The van der Waals surface area contributed by atoms with Gasteiger partial charge in [0.15, 0.2) is 0 Å². The van der Waals surface area contributed by atoms with Crippen molar-refractivity contribution in [2.75, 3.05) is 25.0 Å². The minimum Gasteiger partial charge on any atom is -0.381 e. The normalized spacial score (nSPS) is 19.3. The summed E-state index contributed by atoms with van der Waals surface area (Å²) in [5, 5.41) is 3.53. The first kappa shape index (κ1) is 14.1. The molecule has 4 heteroatoms. The lowest BCUT2D eigenvalue weighted by Crippen LogP contribution is -2.39. The van der Waals surface area contributed by atoms with Gasteiger partial charge in [0.25, 0.3) is 0 Å². The van der Waals surface area contributed by atoms with Crippen molar-refractivity contribution in [3.05, 3.63) is 28.7 Å². The van der Waals surface area contributed by atoms with Crippen LogP contribution in [-0.2, 0) is 7.05 Å². The summed E-state index contributed by atoms with van der Waals surface area (Å²) in [6.45, 7) is 8.06. The largest absolute Gasteiger partial charge is 0.381 e. The maximum Gasteiger partial charge on any atom is 0.250 e. The van der Waals surface area contributed by atoms with Crippen molar-refractivity contribution in [2.24, 2.45) is 13.0 Å². The van der Waals surface area contributed by atoms with E-state index in [2.05, 4.69) is 24.1 Å². The van der Waals surface area contributed by atoms with Crippen molar-refractivity contribution in [1.82, 2.24) is 9.47 Å². The quantitative estimate of drug-likeness (QED) is 0.902. The van der Waals surface area contributed by atoms with E-state index < -0.39 is 0 Å². The minimum absolute atomic E-state index is 0.0365. The van der Waals surface area contributed by atoms with Crippen LogP contribution in [0, 0.1) is 5.92 Å². The van der Waals surface area contributed by atoms with E-state index in [9.17, 15) is 4.79 Å². The molecule has 0 bridgehead atoms. The molecule has 0 amide bonds. The monoisotopic (exact) mass is 263 g/mol. The summed E-state index contributed by atoms with van der Waals surface area (Å²) in [4.78, 5) is 13.9. The Bertz CT molecular complexity index is 461. The maximum absolute atomic E-state index is 11.4. The molecule has 106 valence electrons. The number of aryl methyl sites for hydroxylation is 1. The zero-order valence-electron chi connectivity index (χ0n) is 12.2. The van der Waals surface area contributed by atoms with Crippen LogP contribution in [0.4, 0.5) is 5.69 Å². The molecule has 1 unspecified atom stereocenters. The average Bonchev–Trinajstić information content (AvgIpc) is 2.43. The molecule has 0 spiro atoms. The standard InChI is InChI=1S/C15H25N3O/c1-4-18-9-7-13(8-10-18)12(2)16-14-5-6-15(19)17(3)11-14/h5-6,11-13,16H,4,7-10H2,1-3H3. The van der Waals surface area contributed by atoms with Crippen LogP contribution in [0.1, 0.15) is 26.7 Å². The molecule has 1 aliphatic heterocycles. The van der Waals surface area contributed by atoms with Crippen molar-refractivity contribution in [2.45, 2.75) is 32.7 Å². The molecule has 1 atom stereocenters. The highest BCUT2D eigenvalue weighted by atomic mass is 16.1. The van der Waals surface area contributed by atoms with Gasteiger partial charge in [-0.1, -0.05) is 6.92 Å². The molecule has 1 N–H and O–H groups in total. The number of piperidine rings is 1. The fraction of sp³-hybridized carbons (Fsp3) is 0.667. The Hall–Kier alpha value is -1.29. The number of rotatable bonds is 4. The Morgan fingerprint density at radius 2 is 2.05 bits per heavy atom. The number of hydrogen-bond acceptors (Lipinski definition) is 3. The van der Waals surface area contributed by atoms with Crippen molar-refractivity contribution >= 4 is 5.69 Å². The van der Waals surface area contributed by atoms with E-state index in [1.54, 1.807) is 17.7 Å². The van der Waals surface area contributed by atoms with Crippen molar-refractivity contribution in [3.8, 4) is 0 Å². The lowest BCUT2D eigenvalue weighted by Gasteiger charge is -2.34. The topological polar surface area (TPSA) is 37.3 Å². The van der Waals surface area contributed by atoms with E-state index in [-0.39, 0.29) is 5.56 Å². The minimum atomic E-state index is 0.0365. The fourth-order valence-electron chi connectivity index (χ4n) is 2.83. The molecule has 4 nitrogen and oxygen atoms in total. The van der Waals surface area contributed by atoms with Gasteiger partial charge in [-0.3, -0.25) is 4.79 Å². The van der Waals surface area contributed by atoms with Crippen LogP contribution in [0.25, 0.3) is 0 Å². The fourth-order valence-corrected chi connectivity index (χ4v) is 2.83. The van der Waals surface area contributed by atoms with Gasteiger partial charge in [0.2, 0.25) is 5.56 Å². The Labute approximate surface area is 115 Å². The van der Waals surface area contributed by atoms with E-state index in [1.165, 1.54) is 25.9 Å². The van der Waals surface area contributed by atoms with Crippen LogP contribution >= 0.6 is 0 Å². The van der Waals surface area contributed by atoms with Crippen LogP contribution < -0.4 is 10.9 Å². The van der Waals surface area contributed by atoms with E-state index in [4.69, 9.17) is 0 Å². The van der Waals surface area contributed by atoms with Crippen LogP contribution in [0.15, 0.2) is 23.1 Å². The zero-order valence-corrected chi connectivity index (χ0v) is 12.2. The molecular formula is C15H25N3O. The Morgan fingerprint density at radius 3 is 2.63 bits per heavy atom. The first-order chi connectivity index (χ1) is 9.10. The third-order valence-corrected chi connectivity index (χ3v) is 4.27. The molecule has 2 rings (SSSR count). The summed E-state index contributed by atoms with van der Waals surface area (Å²) in [6.07, 6.45) is 4.39. The second-order valence-electron chi connectivity index (χ2n) is 5.57. The number of pyridine rings is 1. The molecule has 0 aromatic carbocycles. The molecule has 1 fully saturated rings. The van der Waals surface area contributed by atoms with E-state index in [1.807, 2.05) is 12.3 Å². The SMILES string of the molecule is CCN1CCC(C(C)Nc2ccc(=O)n(C)c2)CC1. The van der Waals surface area contributed by atoms with E-state index >= 15 is 0 Å². The molecule has 2 heterocycles. The predicted octanol–water partition coefficient (Wildman–Crippen LogP) is 1.92. The van der Waals surface area contributed by atoms with Crippen LogP contribution in [0.5, 0.6) is 0 Å². The molecule has 1 aliphatic rings. The summed E-state index contributed by atoms with van der Waals surface area (Å²) in [6, 6.07) is 3.95. The molecule has 0 saturated carbocycles. The van der Waals surface area contributed by atoms with Gasteiger partial charge in [-0.15, -0.1) is 0 Å². The Kier molecular flexibility index (Phi) is 4.64. The first-order valence-electron chi connectivity index (χ1n) is 7.25.